The second-order valence-corrected chi connectivity index (χ2v) is 7.07. The zero-order valence-corrected chi connectivity index (χ0v) is 16.0. The number of esters is 1. The van der Waals surface area contributed by atoms with E-state index < -0.39 is 12.0 Å². The topological polar surface area (TPSA) is 77.4 Å². The van der Waals surface area contributed by atoms with Crippen molar-refractivity contribution in [3.8, 4) is 0 Å². The third-order valence-electron chi connectivity index (χ3n) is 5.13. The average Bonchev–Trinajstić information content (AvgIpc) is 3.08. The summed E-state index contributed by atoms with van der Waals surface area (Å²) in [7, 11) is 1.34. The molecule has 0 aromatic heterocycles. The van der Waals surface area contributed by atoms with E-state index in [0.717, 1.165) is 18.4 Å². The van der Waals surface area contributed by atoms with Crippen molar-refractivity contribution in [2.45, 2.75) is 51.5 Å². The van der Waals surface area contributed by atoms with Gasteiger partial charge in [-0.1, -0.05) is 30.3 Å². The van der Waals surface area contributed by atoms with Crippen LogP contribution in [0.3, 0.4) is 0 Å². The predicted octanol–water partition coefficient (Wildman–Crippen LogP) is 2.78. The van der Waals surface area contributed by atoms with E-state index in [2.05, 4.69) is 4.99 Å². The molecule has 7 nitrogen and oxygen atoms in total. The summed E-state index contributed by atoms with van der Waals surface area (Å²) in [4.78, 5) is 30.5. The molecule has 0 saturated carbocycles. The fraction of sp³-hybridized carbons (Fsp3) is 0.550. The lowest BCUT2D eigenvalue weighted by Crippen LogP contribution is -2.47. The van der Waals surface area contributed by atoms with Crippen LogP contribution in [0.5, 0.6) is 0 Å². The number of hydrogen-bond acceptors (Lipinski definition) is 6. The van der Waals surface area contributed by atoms with Gasteiger partial charge < -0.3 is 19.1 Å². The van der Waals surface area contributed by atoms with Gasteiger partial charge in [0.25, 0.3) is 0 Å². The smallest absolute Gasteiger partial charge is 0.410 e. The van der Waals surface area contributed by atoms with Gasteiger partial charge >= 0.3 is 12.1 Å². The molecule has 2 aliphatic heterocycles. The van der Waals surface area contributed by atoms with Gasteiger partial charge in [-0.3, -0.25) is 0 Å². The summed E-state index contributed by atoms with van der Waals surface area (Å²) < 4.78 is 16.1. The van der Waals surface area contributed by atoms with Crippen LogP contribution in [-0.2, 0) is 25.6 Å². The first-order valence-electron chi connectivity index (χ1n) is 9.29. The normalized spacial score (nSPS) is 27.5. The first-order chi connectivity index (χ1) is 13.0. The fourth-order valence-corrected chi connectivity index (χ4v) is 3.46. The van der Waals surface area contributed by atoms with Gasteiger partial charge in [-0.05, 0) is 32.3 Å². The molecule has 2 heterocycles. The summed E-state index contributed by atoms with van der Waals surface area (Å²) in [6, 6.07) is 9.04. The van der Waals surface area contributed by atoms with Crippen LogP contribution in [0, 0.1) is 5.92 Å². The van der Waals surface area contributed by atoms with Crippen molar-refractivity contribution in [2.24, 2.45) is 10.9 Å². The standard InChI is InChI=1S/C20H26N2O5/c1-13-9-10-16(18-21-17(14(2)27-18)19(23)25-3)11-22(13)20(24)26-12-15-7-5-4-6-8-15/h4-8,13-14,16-17H,9-12H2,1-3H3. The molecule has 27 heavy (non-hydrogen) atoms. The van der Waals surface area contributed by atoms with Gasteiger partial charge in [0.05, 0.1) is 13.0 Å². The number of carbonyl (C=O) groups excluding carboxylic acids is 2. The summed E-state index contributed by atoms with van der Waals surface area (Å²) in [6.45, 7) is 4.52. The van der Waals surface area contributed by atoms with Crippen molar-refractivity contribution >= 4 is 18.0 Å². The number of nitrogens with zero attached hydrogens (tertiary/aromatic N) is 2. The second kappa shape index (κ2) is 8.41. The Balaban J connectivity index is 1.62. The summed E-state index contributed by atoms with van der Waals surface area (Å²) >= 11 is 0. The molecule has 2 aliphatic rings. The zero-order valence-electron chi connectivity index (χ0n) is 16.0. The van der Waals surface area contributed by atoms with Crippen molar-refractivity contribution in [3.05, 3.63) is 35.9 Å². The molecule has 0 N–H and O–H groups in total. The van der Waals surface area contributed by atoms with E-state index in [1.54, 1.807) is 11.8 Å². The lowest BCUT2D eigenvalue weighted by Gasteiger charge is -2.36. The van der Waals surface area contributed by atoms with Crippen molar-refractivity contribution in [3.63, 3.8) is 0 Å². The van der Waals surface area contributed by atoms with Gasteiger partial charge in [0, 0.05) is 12.6 Å². The summed E-state index contributed by atoms with van der Waals surface area (Å²) in [5, 5.41) is 0. The third kappa shape index (κ3) is 4.40. The number of rotatable bonds is 4. The number of methoxy groups -OCH3 is 1. The minimum atomic E-state index is -0.636. The number of aliphatic imine (C=N–C) groups is 1. The average molecular weight is 374 g/mol. The van der Waals surface area contributed by atoms with Crippen molar-refractivity contribution < 1.29 is 23.8 Å². The number of hydrogen-bond donors (Lipinski definition) is 0. The molecular formula is C20H26N2O5. The molecule has 1 saturated heterocycles. The number of piperidine rings is 1. The molecule has 4 atom stereocenters. The Bertz CT molecular complexity index is 706. The van der Waals surface area contributed by atoms with Gasteiger partial charge in [0.2, 0.25) is 0 Å². The van der Waals surface area contributed by atoms with E-state index in [-0.39, 0.29) is 30.8 Å². The van der Waals surface area contributed by atoms with Crippen LogP contribution in [-0.4, -0.2) is 54.7 Å². The lowest BCUT2D eigenvalue weighted by molar-refractivity contribution is -0.143. The van der Waals surface area contributed by atoms with Crippen LogP contribution in [0.2, 0.25) is 0 Å². The van der Waals surface area contributed by atoms with E-state index in [1.165, 1.54) is 7.11 Å². The second-order valence-electron chi connectivity index (χ2n) is 7.07. The first-order valence-corrected chi connectivity index (χ1v) is 9.29. The van der Waals surface area contributed by atoms with Crippen molar-refractivity contribution in [2.75, 3.05) is 13.7 Å². The molecule has 0 aliphatic carbocycles. The third-order valence-corrected chi connectivity index (χ3v) is 5.13. The number of benzene rings is 1. The minimum absolute atomic E-state index is 0.0393. The van der Waals surface area contributed by atoms with E-state index in [0.29, 0.717) is 12.4 Å². The van der Waals surface area contributed by atoms with Crippen LogP contribution < -0.4 is 0 Å². The highest BCUT2D eigenvalue weighted by Crippen LogP contribution is 2.28. The minimum Gasteiger partial charge on any atom is -0.475 e. The molecule has 1 aromatic carbocycles. The Morgan fingerprint density at radius 2 is 1.96 bits per heavy atom. The van der Waals surface area contributed by atoms with Crippen molar-refractivity contribution in [1.29, 1.82) is 0 Å². The first kappa shape index (κ1) is 19.2. The van der Waals surface area contributed by atoms with E-state index in [9.17, 15) is 9.59 Å². The molecule has 146 valence electrons. The van der Waals surface area contributed by atoms with Crippen LogP contribution in [0.25, 0.3) is 0 Å². The SMILES string of the molecule is COC(=O)C1N=C(C2CCC(C)N(C(=O)OCc3ccccc3)C2)OC1C. The molecule has 7 heteroatoms. The number of likely N-dealkylation sites (tertiary alicyclic amines) is 1. The van der Waals surface area contributed by atoms with Gasteiger partial charge in [0.15, 0.2) is 11.9 Å². The maximum atomic E-state index is 12.6. The molecule has 3 rings (SSSR count). The molecule has 1 fully saturated rings. The lowest BCUT2D eigenvalue weighted by atomic mass is 9.93. The maximum Gasteiger partial charge on any atom is 0.410 e. The zero-order chi connectivity index (χ0) is 19.4. The van der Waals surface area contributed by atoms with Crippen LogP contribution in [0.1, 0.15) is 32.3 Å². The van der Waals surface area contributed by atoms with E-state index >= 15 is 0 Å². The van der Waals surface area contributed by atoms with Gasteiger partial charge in [0.1, 0.15) is 12.7 Å². The number of amides is 1. The highest BCUT2D eigenvalue weighted by molar-refractivity contribution is 5.88. The molecule has 1 aromatic rings. The summed E-state index contributed by atoms with van der Waals surface area (Å²) in [5.41, 5.74) is 0.949. The van der Waals surface area contributed by atoms with Gasteiger partial charge in [-0.2, -0.15) is 0 Å². The number of ether oxygens (including phenoxy) is 3. The molecule has 1 amide bonds. The Kier molecular flexibility index (Phi) is 5.98. The molecule has 0 bridgehead atoms. The van der Waals surface area contributed by atoms with Crippen LogP contribution in [0.15, 0.2) is 35.3 Å². The highest BCUT2D eigenvalue weighted by Gasteiger charge is 2.40. The Morgan fingerprint density at radius 3 is 2.67 bits per heavy atom. The maximum absolute atomic E-state index is 12.6. The Hall–Kier alpha value is -2.57. The van der Waals surface area contributed by atoms with Gasteiger partial charge in [-0.25, -0.2) is 14.6 Å². The quantitative estimate of drug-likeness (QED) is 0.758. The summed E-state index contributed by atoms with van der Waals surface area (Å²) in [5.74, 6) is 0.0917. The molecule has 0 radical (unpaired) electrons. The number of carbonyl (C=O) groups is 2. The highest BCUT2D eigenvalue weighted by atomic mass is 16.6. The summed E-state index contributed by atoms with van der Waals surface area (Å²) in [6.07, 6.45) is 0.978. The predicted molar refractivity (Wildman–Crippen MR) is 99.3 cm³/mol. The van der Waals surface area contributed by atoms with Gasteiger partial charge in [-0.15, -0.1) is 0 Å². The monoisotopic (exact) mass is 374 g/mol. The van der Waals surface area contributed by atoms with E-state index in [4.69, 9.17) is 14.2 Å². The van der Waals surface area contributed by atoms with Crippen LogP contribution >= 0.6 is 0 Å². The Morgan fingerprint density at radius 1 is 1.22 bits per heavy atom. The fourth-order valence-electron chi connectivity index (χ4n) is 3.46. The van der Waals surface area contributed by atoms with Crippen LogP contribution in [0.4, 0.5) is 4.79 Å². The van der Waals surface area contributed by atoms with E-state index in [1.807, 2.05) is 37.3 Å². The Labute approximate surface area is 159 Å². The molecule has 0 spiro atoms. The largest absolute Gasteiger partial charge is 0.475 e. The molecule has 4 unspecified atom stereocenters. The van der Waals surface area contributed by atoms with Crippen molar-refractivity contribution in [1.82, 2.24) is 4.90 Å². The molecular weight excluding hydrogens is 348 g/mol.